The van der Waals surface area contributed by atoms with Crippen LogP contribution in [0.1, 0.15) is 23.0 Å². The Morgan fingerprint density at radius 3 is 2.88 bits per heavy atom. The van der Waals surface area contributed by atoms with Crippen LogP contribution in [0.2, 0.25) is 0 Å². The summed E-state index contributed by atoms with van der Waals surface area (Å²) in [6.45, 7) is 0.370. The Labute approximate surface area is 147 Å². The highest BCUT2D eigenvalue weighted by molar-refractivity contribution is 9.10. The average molecular weight is 393 g/mol. The number of rotatable bonds is 3. The molecule has 0 saturated carbocycles. The van der Waals surface area contributed by atoms with Crippen molar-refractivity contribution >= 4 is 27.9 Å². The van der Waals surface area contributed by atoms with Crippen molar-refractivity contribution in [3.8, 4) is 0 Å². The van der Waals surface area contributed by atoms with Crippen LogP contribution >= 0.6 is 15.9 Å². The summed E-state index contributed by atoms with van der Waals surface area (Å²) in [5, 5.41) is 2.60. The molecule has 2 N–H and O–H groups in total. The van der Waals surface area contributed by atoms with Crippen LogP contribution < -0.4 is 5.32 Å². The highest BCUT2D eigenvalue weighted by atomic mass is 79.9. The Bertz CT molecular complexity index is 744. The number of imidazole rings is 1. The molecule has 1 aromatic heterocycles. The second kappa shape index (κ2) is 7.04. The first kappa shape index (κ1) is 16.5. The summed E-state index contributed by atoms with van der Waals surface area (Å²) >= 11 is 3.42. The maximum Gasteiger partial charge on any atom is 0.325 e. The van der Waals surface area contributed by atoms with Crippen molar-refractivity contribution in [2.75, 3.05) is 20.2 Å². The number of methoxy groups -OCH3 is 1. The number of carbonyl (C=O) groups excluding carboxylic acids is 2. The molecule has 1 aliphatic rings. The van der Waals surface area contributed by atoms with Crippen molar-refractivity contribution < 1.29 is 14.3 Å². The average Bonchev–Trinajstić information content (AvgIpc) is 3.08. The molecule has 2 heterocycles. The molecule has 0 aliphatic carbocycles. The molecular formula is C16H17BrN4O3. The second-order valence-electron chi connectivity index (χ2n) is 5.40. The summed E-state index contributed by atoms with van der Waals surface area (Å²) in [4.78, 5) is 33.1. The number of fused-ring (bicyclic) bond motifs is 1. The molecule has 1 aliphatic heterocycles. The van der Waals surface area contributed by atoms with Crippen molar-refractivity contribution in [3.05, 3.63) is 52.0 Å². The molecule has 0 saturated heterocycles. The second-order valence-corrected chi connectivity index (χ2v) is 6.31. The summed E-state index contributed by atoms with van der Waals surface area (Å²) in [7, 11) is 1.29. The quantitative estimate of drug-likeness (QED) is 0.781. The van der Waals surface area contributed by atoms with E-state index < -0.39 is 5.97 Å². The van der Waals surface area contributed by atoms with Crippen LogP contribution in [0.4, 0.5) is 4.79 Å². The van der Waals surface area contributed by atoms with Gasteiger partial charge in [0.2, 0.25) is 0 Å². The van der Waals surface area contributed by atoms with Crippen LogP contribution in [0, 0.1) is 0 Å². The zero-order valence-corrected chi connectivity index (χ0v) is 14.7. The minimum atomic E-state index is -0.485. The number of aromatic nitrogens is 2. The van der Waals surface area contributed by atoms with Gasteiger partial charge >= 0.3 is 12.0 Å². The minimum Gasteiger partial charge on any atom is -0.468 e. The molecule has 2 amide bonds. The fourth-order valence-corrected chi connectivity index (χ4v) is 3.06. The summed E-state index contributed by atoms with van der Waals surface area (Å²) in [5.74, 6) is -0.485. The van der Waals surface area contributed by atoms with Crippen LogP contribution in [0.15, 0.2) is 35.1 Å². The fourth-order valence-electron chi connectivity index (χ4n) is 2.80. The van der Waals surface area contributed by atoms with Crippen LogP contribution in [0.5, 0.6) is 0 Å². The zero-order chi connectivity index (χ0) is 17.1. The summed E-state index contributed by atoms with van der Waals surface area (Å²) < 4.78 is 5.53. The first-order valence-corrected chi connectivity index (χ1v) is 8.28. The number of esters is 1. The van der Waals surface area contributed by atoms with E-state index in [0.29, 0.717) is 13.0 Å². The van der Waals surface area contributed by atoms with Gasteiger partial charge in [-0.2, -0.15) is 0 Å². The SMILES string of the molecule is COC(=O)CNC(=O)N1CCc2[nH]cnc2[C@H]1c1ccc(Br)cc1. The van der Waals surface area contributed by atoms with E-state index >= 15 is 0 Å². The van der Waals surface area contributed by atoms with Gasteiger partial charge < -0.3 is 19.9 Å². The summed E-state index contributed by atoms with van der Waals surface area (Å²) in [6, 6.07) is 7.16. The number of halogens is 1. The molecule has 0 bridgehead atoms. The van der Waals surface area contributed by atoms with Crippen molar-refractivity contribution in [3.63, 3.8) is 0 Å². The monoisotopic (exact) mass is 392 g/mol. The van der Waals surface area contributed by atoms with Crippen LogP contribution in [0.3, 0.4) is 0 Å². The van der Waals surface area contributed by atoms with Crippen molar-refractivity contribution in [1.82, 2.24) is 20.2 Å². The first-order chi connectivity index (χ1) is 11.6. The van der Waals surface area contributed by atoms with Gasteiger partial charge in [0.1, 0.15) is 12.6 Å². The van der Waals surface area contributed by atoms with E-state index in [-0.39, 0.29) is 18.6 Å². The lowest BCUT2D eigenvalue weighted by Gasteiger charge is -2.35. The Morgan fingerprint density at radius 2 is 2.17 bits per heavy atom. The third-order valence-corrected chi connectivity index (χ3v) is 4.51. The zero-order valence-electron chi connectivity index (χ0n) is 13.1. The number of ether oxygens (including phenoxy) is 1. The van der Waals surface area contributed by atoms with E-state index in [1.165, 1.54) is 7.11 Å². The number of benzene rings is 1. The van der Waals surface area contributed by atoms with Crippen LogP contribution in [-0.2, 0) is 16.0 Å². The van der Waals surface area contributed by atoms with E-state index in [4.69, 9.17) is 0 Å². The van der Waals surface area contributed by atoms with E-state index in [1.807, 2.05) is 24.3 Å². The lowest BCUT2D eigenvalue weighted by molar-refractivity contribution is -0.139. The molecule has 1 aromatic carbocycles. The highest BCUT2D eigenvalue weighted by Gasteiger charge is 2.34. The third-order valence-electron chi connectivity index (χ3n) is 3.98. The Hall–Kier alpha value is -2.35. The fraction of sp³-hybridized carbons (Fsp3) is 0.312. The number of nitrogens with one attached hydrogen (secondary N) is 2. The van der Waals surface area contributed by atoms with Gasteiger partial charge in [-0.25, -0.2) is 9.78 Å². The van der Waals surface area contributed by atoms with E-state index in [9.17, 15) is 9.59 Å². The Balaban J connectivity index is 1.88. The summed E-state index contributed by atoms with van der Waals surface area (Å²) in [6.07, 6.45) is 2.33. The van der Waals surface area contributed by atoms with Crippen molar-refractivity contribution in [1.29, 1.82) is 0 Å². The molecular weight excluding hydrogens is 376 g/mol. The molecule has 0 unspecified atom stereocenters. The molecule has 8 heteroatoms. The molecule has 1 atom stereocenters. The van der Waals surface area contributed by atoms with E-state index in [1.54, 1.807) is 11.2 Å². The number of aromatic amines is 1. The Morgan fingerprint density at radius 1 is 1.42 bits per heavy atom. The van der Waals surface area contributed by atoms with Gasteiger partial charge in [0, 0.05) is 23.1 Å². The molecule has 0 radical (unpaired) electrons. The largest absolute Gasteiger partial charge is 0.468 e. The normalized spacial score (nSPS) is 16.4. The number of carbonyl (C=O) groups is 2. The van der Waals surface area contributed by atoms with Gasteiger partial charge in [-0.05, 0) is 17.7 Å². The van der Waals surface area contributed by atoms with Gasteiger partial charge in [0.25, 0.3) is 0 Å². The number of H-pyrrole nitrogens is 1. The standard InChI is InChI=1S/C16H17BrN4O3/c1-24-13(22)8-18-16(23)21-7-6-12-14(20-9-19-12)15(21)10-2-4-11(17)5-3-10/h2-5,9,15H,6-8H2,1H3,(H,18,23)(H,19,20)/t15-/m1/s1. The molecule has 3 rings (SSSR count). The highest BCUT2D eigenvalue weighted by Crippen LogP contribution is 2.33. The molecule has 2 aromatic rings. The van der Waals surface area contributed by atoms with Crippen LogP contribution in [-0.4, -0.2) is 47.1 Å². The van der Waals surface area contributed by atoms with Crippen molar-refractivity contribution in [2.24, 2.45) is 0 Å². The molecule has 7 nitrogen and oxygen atoms in total. The lowest BCUT2D eigenvalue weighted by Crippen LogP contribution is -2.47. The Kier molecular flexibility index (Phi) is 4.84. The number of amides is 2. The third kappa shape index (κ3) is 3.28. The topological polar surface area (TPSA) is 87.3 Å². The molecule has 0 fully saturated rings. The predicted molar refractivity (Wildman–Crippen MR) is 90.4 cm³/mol. The smallest absolute Gasteiger partial charge is 0.325 e. The van der Waals surface area contributed by atoms with Crippen LogP contribution in [0.25, 0.3) is 0 Å². The molecule has 24 heavy (non-hydrogen) atoms. The maximum atomic E-state index is 12.6. The number of nitrogens with zero attached hydrogens (tertiary/aromatic N) is 2. The number of hydrogen-bond donors (Lipinski definition) is 2. The molecule has 0 spiro atoms. The maximum absolute atomic E-state index is 12.6. The van der Waals surface area contributed by atoms with Gasteiger partial charge in [0.05, 0.1) is 19.1 Å². The first-order valence-electron chi connectivity index (χ1n) is 7.49. The van der Waals surface area contributed by atoms with Crippen molar-refractivity contribution in [2.45, 2.75) is 12.5 Å². The minimum absolute atomic E-state index is 0.160. The van der Waals surface area contributed by atoms with Gasteiger partial charge in [0.15, 0.2) is 0 Å². The summed E-state index contributed by atoms with van der Waals surface area (Å²) in [5.41, 5.74) is 2.82. The van der Waals surface area contributed by atoms with Gasteiger partial charge in [-0.3, -0.25) is 4.79 Å². The molecule has 126 valence electrons. The lowest BCUT2D eigenvalue weighted by atomic mass is 9.96. The van der Waals surface area contributed by atoms with Gasteiger partial charge in [-0.1, -0.05) is 28.1 Å². The van der Waals surface area contributed by atoms with E-state index in [0.717, 1.165) is 21.4 Å². The number of urea groups is 1. The van der Waals surface area contributed by atoms with Gasteiger partial charge in [-0.15, -0.1) is 0 Å². The van der Waals surface area contributed by atoms with E-state index in [2.05, 4.69) is 36.0 Å². The predicted octanol–water partition coefficient (Wildman–Crippen LogP) is 2.00. The number of hydrogen-bond acceptors (Lipinski definition) is 4.